The summed E-state index contributed by atoms with van der Waals surface area (Å²) in [6, 6.07) is 9.29. The number of rotatable bonds is 4. The lowest BCUT2D eigenvalue weighted by Gasteiger charge is -2.24. The molecule has 1 saturated heterocycles. The van der Waals surface area contributed by atoms with Gasteiger partial charge in [-0.15, -0.1) is 0 Å². The molecule has 1 heterocycles. The summed E-state index contributed by atoms with van der Waals surface area (Å²) in [6.45, 7) is 1.57. The minimum Gasteiger partial charge on any atom is -0.478 e. The molecule has 0 amide bonds. The molecule has 23 heavy (non-hydrogen) atoms. The van der Waals surface area contributed by atoms with Gasteiger partial charge in [0.15, 0.2) is 0 Å². The Morgan fingerprint density at radius 3 is 2.39 bits per heavy atom. The standard InChI is InChI=1S/C16H18N2O4S/c19-16(20)14-5-6-15(13-4-2-1-3-12(13)14)23(21,22)18-11-7-9-17-10-8-11/h1-6,11,17-18H,7-10H2,(H,19,20). The number of carbonyl (C=O) groups is 1. The molecule has 0 radical (unpaired) electrons. The molecule has 2 aromatic rings. The molecule has 0 unspecified atom stereocenters. The van der Waals surface area contributed by atoms with Crippen molar-refractivity contribution in [1.82, 2.24) is 10.0 Å². The summed E-state index contributed by atoms with van der Waals surface area (Å²) in [5.74, 6) is -1.07. The highest BCUT2D eigenvalue weighted by atomic mass is 32.2. The average Bonchev–Trinajstić information content (AvgIpc) is 2.54. The molecule has 1 aliphatic rings. The first-order valence-electron chi connectivity index (χ1n) is 7.47. The molecule has 2 aromatic carbocycles. The van der Waals surface area contributed by atoms with Crippen LogP contribution in [0.3, 0.4) is 0 Å². The van der Waals surface area contributed by atoms with Gasteiger partial charge in [-0.1, -0.05) is 24.3 Å². The van der Waals surface area contributed by atoms with Gasteiger partial charge in [0.25, 0.3) is 0 Å². The van der Waals surface area contributed by atoms with Crippen LogP contribution >= 0.6 is 0 Å². The Morgan fingerprint density at radius 2 is 1.74 bits per heavy atom. The second-order valence-electron chi connectivity index (χ2n) is 5.61. The van der Waals surface area contributed by atoms with Gasteiger partial charge in [0, 0.05) is 11.4 Å². The predicted octanol–water partition coefficient (Wildman–Crippen LogP) is 1.57. The highest BCUT2D eigenvalue weighted by molar-refractivity contribution is 7.89. The van der Waals surface area contributed by atoms with Crippen LogP contribution in [0.15, 0.2) is 41.3 Å². The van der Waals surface area contributed by atoms with Crippen LogP contribution in [0, 0.1) is 0 Å². The fourth-order valence-electron chi connectivity index (χ4n) is 2.91. The van der Waals surface area contributed by atoms with Crippen molar-refractivity contribution in [3.63, 3.8) is 0 Å². The van der Waals surface area contributed by atoms with Crippen molar-refractivity contribution >= 4 is 26.8 Å². The molecule has 3 N–H and O–H groups in total. The van der Waals surface area contributed by atoms with Gasteiger partial charge in [0.2, 0.25) is 10.0 Å². The average molecular weight is 334 g/mol. The van der Waals surface area contributed by atoms with Crippen molar-refractivity contribution in [2.45, 2.75) is 23.8 Å². The van der Waals surface area contributed by atoms with Gasteiger partial charge in [0.1, 0.15) is 0 Å². The van der Waals surface area contributed by atoms with Gasteiger partial charge in [-0.3, -0.25) is 0 Å². The molecule has 0 saturated carbocycles. The second kappa shape index (κ2) is 6.27. The third-order valence-electron chi connectivity index (χ3n) is 4.06. The molecule has 122 valence electrons. The lowest BCUT2D eigenvalue weighted by molar-refractivity contribution is 0.0699. The summed E-state index contributed by atoms with van der Waals surface area (Å²) >= 11 is 0. The van der Waals surface area contributed by atoms with Crippen LogP contribution in [0.2, 0.25) is 0 Å². The smallest absolute Gasteiger partial charge is 0.336 e. The van der Waals surface area contributed by atoms with Crippen LogP contribution in [0.25, 0.3) is 10.8 Å². The molecular weight excluding hydrogens is 316 g/mol. The Morgan fingerprint density at radius 1 is 1.09 bits per heavy atom. The molecule has 0 aromatic heterocycles. The number of carboxylic acid groups (broad SMARTS) is 1. The number of carboxylic acids is 1. The number of nitrogens with one attached hydrogen (secondary N) is 2. The van der Waals surface area contributed by atoms with Gasteiger partial charge >= 0.3 is 5.97 Å². The van der Waals surface area contributed by atoms with Crippen molar-refractivity contribution < 1.29 is 18.3 Å². The summed E-state index contributed by atoms with van der Waals surface area (Å²) < 4.78 is 28.2. The van der Waals surface area contributed by atoms with Crippen LogP contribution < -0.4 is 10.0 Å². The number of piperidine rings is 1. The normalized spacial score (nSPS) is 16.5. The van der Waals surface area contributed by atoms with E-state index in [-0.39, 0.29) is 16.5 Å². The SMILES string of the molecule is O=C(O)c1ccc(S(=O)(=O)NC2CCNCC2)c2ccccc12. The quantitative estimate of drug-likeness (QED) is 0.789. The third-order valence-corrected chi connectivity index (χ3v) is 5.64. The van der Waals surface area contributed by atoms with E-state index in [4.69, 9.17) is 0 Å². The summed E-state index contributed by atoms with van der Waals surface area (Å²) in [4.78, 5) is 11.4. The van der Waals surface area contributed by atoms with Gasteiger partial charge < -0.3 is 10.4 Å². The van der Waals surface area contributed by atoms with Crippen molar-refractivity contribution in [3.8, 4) is 0 Å². The summed E-state index contributed by atoms with van der Waals surface area (Å²) in [6.07, 6.45) is 1.48. The Bertz CT molecular complexity index is 842. The van der Waals surface area contributed by atoms with Gasteiger partial charge in [0.05, 0.1) is 10.5 Å². The molecule has 0 spiro atoms. The van der Waals surface area contributed by atoms with E-state index in [1.165, 1.54) is 12.1 Å². The monoisotopic (exact) mass is 334 g/mol. The predicted molar refractivity (Wildman–Crippen MR) is 87.1 cm³/mol. The van der Waals surface area contributed by atoms with Crippen molar-refractivity contribution in [3.05, 3.63) is 42.0 Å². The van der Waals surface area contributed by atoms with E-state index in [2.05, 4.69) is 10.0 Å². The highest BCUT2D eigenvalue weighted by Crippen LogP contribution is 2.26. The van der Waals surface area contributed by atoms with E-state index < -0.39 is 16.0 Å². The lowest BCUT2D eigenvalue weighted by atomic mass is 10.0. The summed E-state index contributed by atoms with van der Waals surface area (Å²) in [5, 5.41) is 13.3. The van der Waals surface area contributed by atoms with Crippen LogP contribution in [0.4, 0.5) is 0 Å². The van der Waals surface area contributed by atoms with Gasteiger partial charge in [-0.25, -0.2) is 17.9 Å². The zero-order valence-corrected chi connectivity index (χ0v) is 13.3. The minimum atomic E-state index is -3.70. The Hall–Kier alpha value is -1.96. The molecule has 6 nitrogen and oxygen atoms in total. The Balaban J connectivity index is 2.05. The molecule has 0 bridgehead atoms. The Kier molecular flexibility index (Phi) is 4.34. The summed E-state index contributed by atoms with van der Waals surface area (Å²) in [5.41, 5.74) is 0.0985. The molecule has 7 heteroatoms. The van der Waals surface area contributed by atoms with Crippen LogP contribution in [0.5, 0.6) is 0 Å². The van der Waals surface area contributed by atoms with Gasteiger partial charge in [-0.2, -0.15) is 0 Å². The van der Waals surface area contributed by atoms with Crippen LogP contribution in [-0.4, -0.2) is 38.6 Å². The fourth-order valence-corrected chi connectivity index (χ4v) is 4.43. The second-order valence-corrected chi connectivity index (χ2v) is 7.29. The summed E-state index contributed by atoms with van der Waals surface area (Å²) in [7, 11) is -3.70. The zero-order valence-electron chi connectivity index (χ0n) is 12.5. The van der Waals surface area contributed by atoms with Gasteiger partial charge in [-0.05, 0) is 43.5 Å². The van der Waals surface area contributed by atoms with Crippen molar-refractivity contribution in [2.24, 2.45) is 0 Å². The zero-order chi connectivity index (χ0) is 16.4. The lowest BCUT2D eigenvalue weighted by Crippen LogP contribution is -2.42. The number of benzene rings is 2. The Labute approximate surface area is 134 Å². The van der Waals surface area contributed by atoms with E-state index in [1.807, 2.05) is 0 Å². The van der Waals surface area contributed by atoms with Crippen LogP contribution in [-0.2, 0) is 10.0 Å². The van der Waals surface area contributed by atoms with E-state index in [0.717, 1.165) is 25.9 Å². The third kappa shape index (κ3) is 3.21. The molecule has 1 fully saturated rings. The molecule has 3 rings (SSSR count). The van der Waals surface area contributed by atoms with E-state index in [9.17, 15) is 18.3 Å². The first-order valence-corrected chi connectivity index (χ1v) is 8.95. The first kappa shape index (κ1) is 15.9. The van der Waals surface area contributed by atoms with E-state index in [0.29, 0.717) is 10.8 Å². The number of aromatic carboxylic acids is 1. The first-order chi connectivity index (χ1) is 11.0. The fraction of sp³-hybridized carbons (Fsp3) is 0.312. The minimum absolute atomic E-state index is 0.0980. The maximum absolute atomic E-state index is 12.7. The van der Waals surface area contributed by atoms with E-state index >= 15 is 0 Å². The number of sulfonamides is 1. The maximum atomic E-state index is 12.7. The highest BCUT2D eigenvalue weighted by Gasteiger charge is 2.24. The maximum Gasteiger partial charge on any atom is 0.336 e. The topological polar surface area (TPSA) is 95.5 Å². The van der Waals surface area contributed by atoms with Crippen LogP contribution in [0.1, 0.15) is 23.2 Å². The van der Waals surface area contributed by atoms with Crippen molar-refractivity contribution in [1.29, 1.82) is 0 Å². The molecular formula is C16H18N2O4S. The largest absolute Gasteiger partial charge is 0.478 e. The number of fused-ring (bicyclic) bond motifs is 1. The number of hydrogen-bond donors (Lipinski definition) is 3. The van der Waals surface area contributed by atoms with Crippen molar-refractivity contribution in [2.75, 3.05) is 13.1 Å². The van der Waals surface area contributed by atoms with E-state index in [1.54, 1.807) is 24.3 Å². The number of hydrogen-bond acceptors (Lipinski definition) is 4. The molecule has 0 atom stereocenters. The molecule has 1 aliphatic heterocycles. The molecule has 0 aliphatic carbocycles.